The van der Waals surface area contributed by atoms with E-state index < -0.39 is 0 Å². The van der Waals surface area contributed by atoms with Crippen molar-refractivity contribution >= 4 is 10.9 Å². The number of H-pyrrole nitrogens is 1. The zero-order chi connectivity index (χ0) is 24.5. The van der Waals surface area contributed by atoms with Crippen molar-refractivity contribution in [2.75, 3.05) is 0 Å². The van der Waals surface area contributed by atoms with E-state index in [0.29, 0.717) is 10.8 Å². The molecule has 0 saturated heterocycles. The lowest BCUT2D eigenvalue weighted by atomic mass is 9.44. The van der Waals surface area contributed by atoms with Gasteiger partial charge < -0.3 is 4.98 Å². The van der Waals surface area contributed by atoms with Crippen molar-refractivity contribution in [3.05, 3.63) is 35.0 Å². The van der Waals surface area contributed by atoms with Gasteiger partial charge in [0.1, 0.15) is 0 Å². The molecule has 1 aromatic heterocycles. The number of rotatable bonds is 5. The smallest absolute Gasteiger partial charge is 0.0459 e. The van der Waals surface area contributed by atoms with E-state index in [-0.39, 0.29) is 0 Å². The number of aryl methyl sites for hydroxylation is 1. The molecule has 0 bridgehead atoms. The van der Waals surface area contributed by atoms with E-state index in [0.717, 1.165) is 41.4 Å². The number of benzene rings is 1. The minimum absolute atomic E-state index is 0.497. The molecule has 1 nitrogen and oxygen atoms in total. The third-order valence-corrected chi connectivity index (χ3v) is 12.4. The lowest BCUT2D eigenvalue weighted by Crippen LogP contribution is -2.54. The summed E-state index contributed by atoms with van der Waals surface area (Å²) in [4.78, 5) is 3.85. The molecule has 8 atom stereocenters. The molecule has 4 aliphatic rings. The van der Waals surface area contributed by atoms with Crippen molar-refractivity contribution in [3.8, 4) is 0 Å². The third kappa shape index (κ3) is 3.76. The maximum absolute atomic E-state index is 3.85. The van der Waals surface area contributed by atoms with E-state index in [1.807, 2.05) is 0 Å². The molecular weight excluding hydrogens is 422 g/mol. The number of aromatic nitrogens is 1. The van der Waals surface area contributed by atoms with Crippen LogP contribution in [-0.2, 0) is 12.8 Å². The molecule has 0 aliphatic heterocycles. The zero-order valence-electron chi connectivity index (χ0n) is 23.6. The van der Waals surface area contributed by atoms with Crippen LogP contribution in [0.25, 0.3) is 10.9 Å². The number of nitrogens with one attached hydrogen (secondary N) is 1. The summed E-state index contributed by atoms with van der Waals surface area (Å²) >= 11 is 0. The molecule has 35 heavy (non-hydrogen) atoms. The summed E-state index contributed by atoms with van der Waals surface area (Å²) in [7, 11) is 0. The van der Waals surface area contributed by atoms with Gasteiger partial charge in [-0.1, -0.05) is 65.5 Å². The van der Waals surface area contributed by atoms with Crippen molar-refractivity contribution in [1.29, 1.82) is 0 Å². The Morgan fingerprint density at radius 3 is 2.54 bits per heavy atom. The highest BCUT2D eigenvalue weighted by Gasteiger charge is 2.60. The Morgan fingerprint density at radius 1 is 0.943 bits per heavy atom. The standard InChI is InChI=1S/C34H51N/c1-21(2)8-7-9-23(4)28-13-14-29-25-12-11-24-19-32-27(26-18-22(3)10-15-31(26)35-32)20-34(24,6)30(25)16-17-33(28,29)5/h10,15,18,21,23-25,28-30,35H,7-9,11-14,16-17,19-20H2,1-6H3/t23-,24-,25+,28-,29+,30+,33-,34+/m1/s1. The van der Waals surface area contributed by atoms with E-state index >= 15 is 0 Å². The average Bonchev–Trinajstić information content (AvgIpc) is 3.33. The summed E-state index contributed by atoms with van der Waals surface area (Å²) in [5.74, 6) is 6.54. The number of hydrogen-bond donors (Lipinski definition) is 1. The highest BCUT2D eigenvalue weighted by atomic mass is 14.8. The molecular formula is C34H51N. The topological polar surface area (TPSA) is 15.8 Å². The van der Waals surface area contributed by atoms with Crippen molar-refractivity contribution in [2.45, 2.75) is 112 Å². The minimum atomic E-state index is 0.497. The fourth-order valence-corrected chi connectivity index (χ4v) is 10.6. The Bertz CT molecular complexity index is 1080. The van der Waals surface area contributed by atoms with Gasteiger partial charge in [0.15, 0.2) is 0 Å². The second-order valence-electron chi connectivity index (χ2n) is 14.7. The molecule has 192 valence electrons. The van der Waals surface area contributed by atoms with E-state index in [4.69, 9.17) is 0 Å². The number of hydrogen-bond acceptors (Lipinski definition) is 0. The third-order valence-electron chi connectivity index (χ3n) is 12.4. The van der Waals surface area contributed by atoms with Gasteiger partial charge >= 0.3 is 0 Å². The summed E-state index contributed by atoms with van der Waals surface area (Å²) in [5, 5.41) is 1.53. The fourth-order valence-electron chi connectivity index (χ4n) is 10.6. The molecule has 1 heteroatoms. The lowest BCUT2D eigenvalue weighted by molar-refractivity contribution is -0.103. The van der Waals surface area contributed by atoms with E-state index in [2.05, 4.69) is 64.7 Å². The van der Waals surface area contributed by atoms with Crippen LogP contribution < -0.4 is 0 Å². The summed E-state index contributed by atoms with van der Waals surface area (Å²) in [6.45, 7) is 15.1. The molecule has 2 aromatic rings. The minimum Gasteiger partial charge on any atom is -0.358 e. The first-order chi connectivity index (χ1) is 16.7. The van der Waals surface area contributed by atoms with Crippen LogP contribution in [0, 0.1) is 59.2 Å². The van der Waals surface area contributed by atoms with Crippen LogP contribution >= 0.6 is 0 Å². The first-order valence-electron chi connectivity index (χ1n) is 15.3. The van der Waals surface area contributed by atoms with Crippen LogP contribution in [0.4, 0.5) is 0 Å². The molecule has 0 unspecified atom stereocenters. The first kappa shape index (κ1) is 24.1. The molecule has 3 saturated carbocycles. The Labute approximate surface area is 215 Å². The monoisotopic (exact) mass is 473 g/mol. The van der Waals surface area contributed by atoms with Crippen molar-refractivity contribution in [3.63, 3.8) is 0 Å². The first-order valence-corrected chi connectivity index (χ1v) is 15.3. The van der Waals surface area contributed by atoms with Crippen molar-refractivity contribution in [1.82, 2.24) is 4.98 Å². The normalized spacial score (nSPS) is 39.2. The maximum Gasteiger partial charge on any atom is 0.0459 e. The SMILES string of the molecule is Cc1ccc2[nH]c3c(c2c1)C[C@@]1(C)[C@H](CC[C@@H]2[C@@H]1CC[C@]1(C)[C@@H]([C@H](C)CCCC(C)C)CC[C@@H]21)C3. The molecule has 4 aliphatic carbocycles. The summed E-state index contributed by atoms with van der Waals surface area (Å²) in [6, 6.07) is 7.05. The van der Waals surface area contributed by atoms with Gasteiger partial charge in [-0.2, -0.15) is 0 Å². The quantitative estimate of drug-likeness (QED) is 0.445. The van der Waals surface area contributed by atoms with Gasteiger partial charge in [-0.15, -0.1) is 0 Å². The Hall–Kier alpha value is -1.24. The van der Waals surface area contributed by atoms with E-state index in [1.165, 1.54) is 87.1 Å². The van der Waals surface area contributed by atoms with Crippen LogP contribution in [-0.4, -0.2) is 4.98 Å². The van der Waals surface area contributed by atoms with E-state index in [9.17, 15) is 0 Å². The molecule has 0 amide bonds. The second kappa shape index (κ2) is 8.66. The van der Waals surface area contributed by atoms with Crippen molar-refractivity contribution in [2.24, 2.45) is 52.3 Å². The van der Waals surface area contributed by atoms with Crippen LogP contribution in [0.1, 0.15) is 109 Å². The maximum atomic E-state index is 3.85. The zero-order valence-corrected chi connectivity index (χ0v) is 23.6. The van der Waals surface area contributed by atoms with Gasteiger partial charge in [0.05, 0.1) is 0 Å². The summed E-state index contributed by atoms with van der Waals surface area (Å²) in [6.07, 6.45) is 15.9. The Kier molecular flexibility index (Phi) is 5.97. The van der Waals surface area contributed by atoms with Crippen LogP contribution in [0.2, 0.25) is 0 Å². The van der Waals surface area contributed by atoms with Gasteiger partial charge in [-0.3, -0.25) is 0 Å². The van der Waals surface area contributed by atoms with Crippen LogP contribution in [0.5, 0.6) is 0 Å². The summed E-state index contributed by atoms with van der Waals surface area (Å²) < 4.78 is 0. The van der Waals surface area contributed by atoms with Crippen molar-refractivity contribution < 1.29 is 0 Å². The van der Waals surface area contributed by atoms with Gasteiger partial charge in [0.25, 0.3) is 0 Å². The highest BCUT2D eigenvalue weighted by molar-refractivity contribution is 5.85. The molecule has 0 spiro atoms. The number of aromatic amines is 1. The fraction of sp³-hybridized carbons (Fsp3) is 0.765. The Morgan fingerprint density at radius 2 is 1.74 bits per heavy atom. The average molecular weight is 474 g/mol. The predicted molar refractivity (Wildman–Crippen MR) is 150 cm³/mol. The van der Waals surface area contributed by atoms with Gasteiger partial charge in [0, 0.05) is 16.6 Å². The second-order valence-corrected chi connectivity index (χ2v) is 14.7. The predicted octanol–water partition coefficient (Wildman–Crippen LogP) is 9.51. The lowest BCUT2D eigenvalue weighted by Gasteiger charge is -2.60. The molecule has 6 rings (SSSR count). The molecule has 3 fully saturated rings. The van der Waals surface area contributed by atoms with Gasteiger partial charge in [-0.05, 0) is 128 Å². The largest absolute Gasteiger partial charge is 0.358 e. The molecule has 0 radical (unpaired) electrons. The molecule has 1 N–H and O–H groups in total. The molecule has 1 heterocycles. The summed E-state index contributed by atoms with van der Waals surface area (Å²) in [5.41, 5.74) is 7.14. The van der Waals surface area contributed by atoms with Gasteiger partial charge in [-0.25, -0.2) is 0 Å². The number of fused-ring (bicyclic) bond motifs is 8. The van der Waals surface area contributed by atoms with Gasteiger partial charge in [0.2, 0.25) is 0 Å². The molecule has 1 aromatic carbocycles. The Balaban J connectivity index is 1.24. The van der Waals surface area contributed by atoms with Crippen LogP contribution in [0.3, 0.4) is 0 Å². The van der Waals surface area contributed by atoms with E-state index in [1.54, 1.807) is 11.3 Å². The van der Waals surface area contributed by atoms with Crippen LogP contribution in [0.15, 0.2) is 18.2 Å². The highest BCUT2D eigenvalue weighted by Crippen LogP contribution is 2.68.